The predicted molar refractivity (Wildman–Crippen MR) is 83.0 cm³/mol. The Balaban J connectivity index is 0.00000220. The Morgan fingerprint density at radius 1 is 1.52 bits per heavy atom. The van der Waals surface area contributed by atoms with Crippen LogP contribution >= 0.6 is 12.4 Å². The molecule has 1 aromatic rings. The van der Waals surface area contributed by atoms with Gasteiger partial charge in [0.25, 0.3) is 0 Å². The molecule has 0 aliphatic carbocycles. The van der Waals surface area contributed by atoms with Gasteiger partial charge in [0.15, 0.2) is 0 Å². The highest BCUT2D eigenvalue weighted by atomic mass is 35.5. The molecule has 0 aromatic carbocycles. The largest absolute Gasteiger partial charge is 0.397 e. The van der Waals surface area contributed by atoms with E-state index in [9.17, 15) is 9.59 Å². The quantitative estimate of drug-likeness (QED) is 0.840. The van der Waals surface area contributed by atoms with Crippen molar-refractivity contribution in [3.8, 4) is 0 Å². The predicted octanol–water partition coefficient (Wildman–Crippen LogP) is 0.755. The summed E-state index contributed by atoms with van der Waals surface area (Å²) in [5.41, 5.74) is 6.80. The van der Waals surface area contributed by atoms with E-state index in [1.165, 1.54) is 6.20 Å². The van der Waals surface area contributed by atoms with E-state index in [-0.39, 0.29) is 36.7 Å². The summed E-state index contributed by atoms with van der Waals surface area (Å²) in [6, 6.07) is 3.41. The number of rotatable bonds is 5. The van der Waals surface area contributed by atoms with Crippen molar-refractivity contribution in [2.24, 2.45) is 0 Å². The van der Waals surface area contributed by atoms with Crippen LogP contribution in [-0.2, 0) is 16.0 Å². The molecule has 1 atom stereocenters. The maximum Gasteiger partial charge on any atom is 0.226 e. The van der Waals surface area contributed by atoms with Gasteiger partial charge in [-0.2, -0.15) is 0 Å². The van der Waals surface area contributed by atoms with E-state index in [1.54, 1.807) is 17.0 Å². The third kappa shape index (κ3) is 5.23. The van der Waals surface area contributed by atoms with Crippen LogP contribution in [0.3, 0.4) is 0 Å². The van der Waals surface area contributed by atoms with E-state index in [2.05, 4.69) is 10.3 Å². The molecule has 1 aromatic heterocycles. The summed E-state index contributed by atoms with van der Waals surface area (Å²) >= 11 is 0. The molecule has 116 valence electrons. The first-order valence-corrected chi connectivity index (χ1v) is 6.82. The van der Waals surface area contributed by atoms with Crippen molar-refractivity contribution in [3.63, 3.8) is 0 Å². The van der Waals surface area contributed by atoms with E-state index in [0.29, 0.717) is 24.3 Å². The molecule has 0 radical (unpaired) electrons. The zero-order valence-electron chi connectivity index (χ0n) is 12.0. The molecular weight excluding hydrogens is 292 g/mol. The van der Waals surface area contributed by atoms with Crippen molar-refractivity contribution in [1.29, 1.82) is 0 Å². The van der Waals surface area contributed by atoms with Crippen LogP contribution in [-0.4, -0.2) is 40.8 Å². The molecule has 1 saturated heterocycles. The number of halogens is 1. The Morgan fingerprint density at radius 2 is 2.29 bits per heavy atom. The fourth-order valence-electron chi connectivity index (χ4n) is 2.30. The van der Waals surface area contributed by atoms with E-state index in [1.807, 2.05) is 6.92 Å². The zero-order chi connectivity index (χ0) is 14.5. The van der Waals surface area contributed by atoms with Crippen molar-refractivity contribution in [3.05, 3.63) is 24.0 Å². The average molecular weight is 313 g/mol. The van der Waals surface area contributed by atoms with Crippen LogP contribution in [0.2, 0.25) is 0 Å². The summed E-state index contributed by atoms with van der Waals surface area (Å²) in [6.45, 7) is 3.26. The number of hydrogen-bond acceptors (Lipinski definition) is 4. The zero-order valence-corrected chi connectivity index (χ0v) is 12.9. The van der Waals surface area contributed by atoms with E-state index in [4.69, 9.17) is 5.73 Å². The van der Waals surface area contributed by atoms with Gasteiger partial charge in [-0.05, 0) is 25.5 Å². The van der Waals surface area contributed by atoms with Gasteiger partial charge >= 0.3 is 0 Å². The highest BCUT2D eigenvalue weighted by molar-refractivity contribution is 5.85. The molecule has 1 unspecified atom stereocenters. The molecular formula is C14H21ClN4O2. The van der Waals surface area contributed by atoms with E-state index < -0.39 is 0 Å². The van der Waals surface area contributed by atoms with Gasteiger partial charge < -0.3 is 16.0 Å². The van der Waals surface area contributed by atoms with Crippen LogP contribution in [0.15, 0.2) is 18.3 Å². The first-order chi connectivity index (χ1) is 9.54. The number of nitrogens with zero attached hydrogens (tertiary/aromatic N) is 2. The Bertz CT molecular complexity index is 492. The topological polar surface area (TPSA) is 88.3 Å². The third-order valence-electron chi connectivity index (χ3n) is 3.26. The van der Waals surface area contributed by atoms with Crippen LogP contribution in [0.4, 0.5) is 5.69 Å². The second-order valence-corrected chi connectivity index (χ2v) is 5.17. The second-order valence-electron chi connectivity index (χ2n) is 5.17. The fraction of sp³-hybridized carbons (Fsp3) is 0.500. The first kappa shape index (κ1) is 17.2. The minimum atomic E-state index is -0.0959. The maximum absolute atomic E-state index is 11.9. The van der Waals surface area contributed by atoms with Crippen LogP contribution in [0.1, 0.15) is 25.5 Å². The van der Waals surface area contributed by atoms with Crippen molar-refractivity contribution in [2.45, 2.75) is 32.2 Å². The lowest BCUT2D eigenvalue weighted by atomic mass is 10.2. The van der Waals surface area contributed by atoms with Gasteiger partial charge in [-0.1, -0.05) is 0 Å². The lowest BCUT2D eigenvalue weighted by Crippen LogP contribution is -2.43. The Kier molecular flexibility index (Phi) is 6.42. The minimum Gasteiger partial charge on any atom is -0.397 e. The van der Waals surface area contributed by atoms with Crippen molar-refractivity contribution in [1.82, 2.24) is 15.2 Å². The Hall–Kier alpha value is -1.82. The second kappa shape index (κ2) is 7.83. The van der Waals surface area contributed by atoms with Gasteiger partial charge in [-0.3, -0.25) is 14.6 Å². The van der Waals surface area contributed by atoms with Gasteiger partial charge in [-0.25, -0.2) is 0 Å². The van der Waals surface area contributed by atoms with Crippen LogP contribution in [0, 0.1) is 0 Å². The fourth-order valence-corrected chi connectivity index (χ4v) is 2.30. The molecule has 0 spiro atoms. The molecule has 1 fully saturated rings. The van der Waals surface area contributed by atoms with Gasteiger partial charge in [0.1, 0.15) is 0 Å². The summed E-state index contributed by atoms with van der Waals surface area (Å²) < 4.78 is 0. The molecule has 2 rings (SSSR count). The van der Waals surface area contributed by atoms with Crippen LogP contribution < -0.4 is 11.1 Å². The molecule has 1 aliphatic heterocycles. The van der Waals surface area contributed by atoms with E-state index in [0.717, 1.165) is 13.0 Å². The number of nitrogens with one attached hydrogen (secondary N) is 1. The number of pyridine rings is 1. The average Bonchev–Trinajstić information content (AvgIpc) is 2.77. The smallest absolute Gasteiger partial charge is 0.226 e. The molecule has 3 N–H and O–H groups in total. The molecule has 0 bridgehead atoms. The molecule has 2 amide bonds. The number of amides is 2. The highest BCUT2D eigenvalue weighted by Gasteiger charge is 2.22. The first-order valence-electron chi connectivity index (χ1n) is 6.82. The van der Waals surface area contributed by atoms with Gasteiger partial charge in [0.2, 0.25) is 11.8 Å². The molecule has 6 nitrogen and oxygen atoms in total. The number of anilines is 1. The molecule has 7 heteroatoms. The van der Waals surface area contributed by atoms with Crippen LogP contribution in [0.5, 0.6) is 0 Å². The summed E-state index contributed by atoms with van der Waals surface area (Å²) in [5, 5.41) is 2.89. The molecule has 0 saturated carbocycles. The van der Waals surface area contributed by atoms with Gasteiger partial charge in [-0.15, -0.1) is 12.4 Å². The number of hydrogen-bond donors (Lipinski definition) is 2. The lowest BCUT2D eigenvalue weighted by Gasteiger charge is -2.21. The third-order valence-corrected chi connectivity index (χ3v) is 3.26. The van der Waals surface area contributed by atoms with E-state index >= 15 is 0 Å². The lowest BCUT2D eigenvalue weighted by molar-refractivity contribution is -0.129. The number of carbonyl (C=O) groups excluding carboxylic acids is 2. The minimum absolute atomic E-state index is 0. The maximum atomic E-state index is 11.9. The SMILES string of the molecule is CC(CN1CCCC1=O)NC(=O)Cc1ccc(N)cn1.Cl. The van der Waals surface area contributed by atoms with Gasteiger partial charge in [0, 0.05) is 31.2 Å². The Morgan fingerprint density at radius 3 is 2.86 bits per heavy atom. The number of aromatic nitrogens is 1. The summed E-state index contributed by atoms with van der Waals surface area (Å²) in [5.74, 6) is 0.0766. The highest BCUT2D eigenvalue weighted by Crippen LogP contribution is 2.09. The van der Waals surface area contributed by atoms with Crippen molar-refractivity contribution < 1.29 is 9.59 Å². The number of nitrogens with two attached hydrogens (primary N) is 1. The Labute approximate surface area is 130 Å². The van der Waals surface area contributed by atoms with Crippen molar-refractivity contribution in [2.75, 3.05) is 18.8 Å². The molecule has 21 heavy (non-hydrogen) atoms. The number of carbonyl (C=O) groups is 2. The number of likely N-dealkylation sites (tertiary alicyclic amines) is 1. The summed E-state index contributed by atoms with van der Waals surface area (Å²) in [6.07, 6.45) is 3.29. The molecule has 1 aliphatic rings. The summed E-state index contributed by atoms with van der Waals surface area (Å²) in [7, 11) is 0. The standard InChI is InChI=1S/C14H20N4O2.ClH/c1-10(9-18-6-2-3-14(18)20)17-13(19)7-12-5-4-11(15)8-16-12;/h4-5,8,10H,2-3,6-7,9,15H2,1H3,(H,17,19);1H. The monoisotopic (exact) mass is 312 g/mol. The van der Waals surface area contributed by atoms with Crippen LogP contribution in [0.25, 0.3) is 0 Å². The van der Waals surface area contributed by atoms with Crippen molar-refractivity contribution >= 4 is 29.9 Å². The summed E-state index contributed by atoms with van der Waals surface area (Å²) in [4.78, 5) is 29.3. The normalized spacial score (nSPS) is 15.5. The number of nitrogen functional groups attached to an aromatic ring is 1. The van der Waals surface area contributed by atoms with Gasteiger partial charge in [0.05, 0.1) is 18.3 Å². The molecule has 2 heterocycles.